The summed E-state index contributed by atoms with van der Waals surface area (Å²) in [6.45, 7) is 6.28. The number of rotatable bonds is 5. The molecule has 16 heavy (non-hydrogen) atoms. The van der Waals surface area contributed by atoms with E-state index in [-0.39, 0.29) is 10.6 Å². The third-order valence-electron chi connectivity index (χ3n) is 2.12. The highest BCUT2D eigenvalue weighted by Gasteiger charge is 2.10. The van der Waals surface area contributed by atoms with Crippen LogP contribution in [-0.4, -0.2) is 11.5 Å². The van der Waals surface area contributed by atoms with Gasteiger partial charge in [-0.05, 0) is 12.5 Å². The van der Waals surface area contributed by atoms with Crippen molar-refractivity contribution in [2.24, 2.45) is 0 Å². The summed E-state index contributed by atoms with van der Waals surface area (Å²) in [5.74, 6) is 0. The maximum atomic E-state index is 10.7. The van der Waals surface area contributed by atoms with E-state index in [1.165, 1.54) is 0 Å². The summed E-state index contributed by atoms with van der Waals surface area (Å²) in [7, 11) is 0. The van der Waals surface area contributed by atoms with Crippen molar-refractivity contribution in [1.82, 2.24) is 5.32 Å². The molecule has 0 unspecified atom stereocenters. The Bertz CT molecular complexity index is 418. The van der Waals surface area contributed by atoms with Gasteiger partial charge in [-0.2, -0.15) is 0 Å². The first-order chi connectivity index (χ1) is 7.50. The zero-order chi connectivity index (χ0) is 12.1. The molecule has 4 nitrogen and oxygen atoms in total. The van der Waals surface area contributed by atoms with Gasteiger partial charge in [-0.3, -0.25) is 10.1 Å². The molecule has 0 aromatic heterocycles. The van der Waals surface area contributed by atoms with Crippen molar-refractivity contribution in [3.05, 3.63) is 51.1 Å². The Morgan fingerprint density at radius 1 is 1.62 bits per heavy atom. The standard InChI is InChI=1S/C11H13ClN2O2/c1-8-3-4-10(5-11(8)14(15)16)7-13-6-9(2)12/h3-5,13H,2,6-7H2,1H3. The fourth-order valence-corrected chi connectivity index (χ4v) is 1.40. The maximum absolute atomic E-state index is 10.7. The zero-order valence-corrected chi connectivity index (χ0v) is 9.75. The molecule has 0 fully saturated rings. The van der Waals surface area contributed by atoms with E-state index in [1.54, 1.807) is 19.1 Å². The predicted octanol–water partition coefficient (Wildman–Crippen LogP) is 2.75. The topological polar surface area (TPSA) is 55.2 Å². The van der Waals surface area contributed by atoms with Crippen molar-refractivity contribution < 1.29 is 4.92 Å². The number of nitro groups is 1. The number of nitrogens with one attached hydrogen (secondary N) is 1. The normalized spacial score (nSPS) is 10.1. The third-order valence-corrected chi connectivity index (χ3v) is 2.25. The average molecular weight is 241 g/mol. The van der Waals surface area contributed by atoms with Crippen LogP contribution in [0.5, 0.6) is 0 Å². The van der Waals surface area contributed by atoms with Gasteiger partial charge in [0.15, 0.2) is 0 Å². The summed E-state index contributed by atoms with van der Waals surface area (Å²) in [6, 6.07) is 5.16. The van der Waals surface area contributed by atoms with E-state index in [1.807, 2.05) is 6.07 Å². The molecular weight excluding hydrogens is 228 g/mol. The fourth-order valence-electron chi connectivity index (χ4n) is 1.30. The lowest BCUT2D eigenvalue weighted by Crippen LogP contribution is -2.14. The number of nitrogens with zero attached hydrogens (tertiary/aromatic N) is 1. The minimum Gasteiger partial charge on any atom is -0.308 e. The quantitative estimate of drug-likeness (QED) is 0.636. The Balaban J connectivity index is 2.71. The van der Waals surface area contributed by atoms with E-state index in [0.29, 0.717) is 23.7 Å². The number of nitro benzene ring substituents is 1. The lowest BCUT2D eigenvalue weighted by Gasteiger charge is -2.04. The number of hydrogen-bond acceptors (Lipinski definition) is 3. The lowest BCUT2D eigenvalue weighted by atomic mass is 10.1. The number of benzene rings is 1. The van der Waals surface area contributed by atoms with Crippen LogP contribution in [0.2, 0.25) is 0 Å². The van der Waals surface area contributed by atoms with E-state index >= 15 is 0 Å². The summed E-state index contributed by atoms with van der Waals surface area (Å²) in [6.07, 6.45) is 0. The Kier molecular flexibility index (Phi) is 4.46. The molecule has 0 atom stereocenters. The molecule has 0 spiro atoms. The van der Waals surface area contributed by atoms with E-state index < -0.39 is 0 Å². The molecule has 0 aliphatic rings. The zero-order valence-electron chi connectivity index (χ0n) is 9.00. The van der Waals surface area contributed by atoms with Gasteiger partial charge in [-0.25, -0.2) is 0 Å². The second-order valence-corrected chi connectivity index (χ2v) is 4.03. The Hall–Kier alpha value is -1.39. The average Bonchev–Trinajstić information content (AvgIpc) is 2.19. The SMILES string of the molecule is C=C(Cl)CNCc1ccc(C)c([N+](=O)[O-])c1. The van der Waals surface area contributed by atoms with Gasteiger partial charge in [-0.1, -0.05) is 30.3 Å². The molecule has 0 saturated carbocycles. The molecule has 1 N–H and O–H groups in total. The van der Waals surface area contributed by atoms with E-state index in [0.717, 1.165) is 5.56 Å². The van der Waals surface area contributed by atoms with Crippen LogP contribution < -0.4 is 5.32 Å². The highest BCUT2D eigenvalue weighted by molar-refractivity contribution is 6.29. The number of aryl methyl sites for hydroxylation is 1. The molecule has 0 aliphatic heterocycles. The van der Waals surface area contributed by atoms with Gasteiger partial charge in [-0.15, -0.1) is 0 Å². The molecule has 1 rings (SSSR count). The highest BCUT2D eigenvalue weighted by atomic mass is 35.5. The maximum Gasteiger partial charge on any atom is 0.272 e. The smallest absolute Gasteiger partial charge is 0.272 e. The molecule has 1 aromatic carbocycles. The third kappa shape index (κ3) is 3.64. The van der Waals surface area contributed by atoms with Gasteiger partial charge < -0.3 is 5.32 Å². The molecule has 0 bridgehead atoms. The van der Waals surface area contributed by atoms with Gasteiger partial charge in [0.05, 0.1) is 4.92 Å². The number of halogens is 1. The van der Waals surface area contributed by atoms with Gasteiger partial charge >= 0.3 is 0 Å². The van der Waals surface area contributed by atoms with Gasteiger partial charge in [0.2, 0.25) is 0 Å². The van der Waals surface area contributed by atoms with Crippen molar-refractivity contribution in [2.75, 3.05) is 6.54 Å². The summed E-state index contributed by atoms with van der Waals surface area (Å²) >= 11 is 5.59. The van der Waals surface area contributed by atoms with Crippen molar-refractivity contribution in [2.45, 2.75) is 13.5 Å². The van der Waals surface area contributed by atoms with Crippen molar-refractivity contribution in [3.63, 3.8) is 0 Å². The Morgan fingerprint density at radius 3 is 2.88 bits per heavy atom. The molecule has 0 saturated heterocycles. The highest BCUT2D eigenvalue weighted by Crippen LogP contribution is 2.19. The van der Waals surface area contributed by atoms with Crippen LogP contribution in [0.4, 0.5) is 5.69 Å². The summed E-state index contributed by atoms with van der Waals surface area (Å²) in [5, 5.41) is 14.3. The van der Waals surface area contributed by atoms with Crippen LogP contribution in [0, 0.1) is 17.0 Å². The Labute approximate surface area is 99.1 Å². The van der Waals surface area contributed by atoms with Crippen LogP contribution in [-0.2, 0) is 6.54 Å². The van der Waals surface area contributed by atoms with Crippen LogP contribution in [0.15, 0.2) is 29.8 Å². The fraction of sp³-hybridized carbons (Fsp3) is 0.273. The largest absolute Gasteiger partial charge is 0.308 e. The first-order valence-electron chi connectivity index (χ1n) is 4.78. The molecule has 0 aliphatic carbocycles. The van der Waals surface area contributed by atoms with Gasteiger partial charge in [0.25, 0.3) is 5.69 Å². The molecule has 5 heteroatoms. The minimum absolute atomic E-state index is 0.143. The number of hydrogen-bond donors (Lipinski definition) is 1. The van der Waals surface area contributed by atoms with E-state index in [9.17, 15) is 10.1 Å². The molecule has 0 heterocycles. The Morgan fingerprint density at radius 2 is 2.31 bits per heavy atom. The molecular formula is C11H13ClN2O2. The summed E-state index contributed by atoms with van der Waals surface area (Å²) in [5.41, 5.74) is 1.66. The second-order valence-electron chi connectivity index (χ2n) is 3.50. The molecule has 0 amide bonds. The van der Waals surface area contributed by atoms with Crippen molar-refractivity contribution in [1.29, 1.82) is 0 Å². The first-order valence-corrected chi connectivity index (χ1v) is 5.16. The van der Waals surface area contributed by atoms with Crippen LogP contribution >= 0.6 is 11.6 Å². The van der Waals surface area contributed by atoms with Gasteiger partial charge in [0.1, 0.15) is 0 Å². The molecule has 86 valence electrons. The predicted molar refractivity (Wildman–Crippen MR) is 64.5 cm³/mol. The van der Waals surface area contributed by atoms with Gasteiger partial charge in [0, 0.05) is 29.8 Å². The molecule has 0 radical (unpaired) electrons. The van der Waals surface area contributed by atoms with E-state index in [4.69, 9.17) is 11.6 Å². The summed E-state index contributed by atoms with van der Waals surface area (Å²) in [4.78, 5) is 10.3. The molecule has 1 aromatic rings. The summed E-state index contributed by atoms with van der Waals surface area (Å²) < 4.78 is 0. The van der Waals surface area contributed by atoms with Crippen molar-refractivity contribution in [3.8, 4) is 0 Å². The monoisotopic (exact) mass is 240 g/mol. The van der Waals surface area contributed by atoms with Crippen molar-refractivity contribution >= 4 is 17.3 Å². The minimum atomic E-state index is -0.376. The van der Waals surface area contributed by atoms with Crippen LogP contribution in [0.25, 0.3) is 0 Å². The van der Waals surface area contributed by atoms with Crippen LogP contribution in [0.1, 0.15) is 11.1 Å². The first kappa shape index (κ1) is 12.7. The van der Waals surface area contributed by atoms with Crippen LogP contribution in [0.3, 0.4) is 0 Å². The lowest BCUT2D eigenvalue weighted by molar-refractivity contribution is -0.385. The van der Waals surface area contributed by atoms with E-state index in [2.05, 4.69) is 11.9 Å². The second kappa shape index (κ2) is 5.63.